The maximum Gasteiger partial charge on any atom is 0.234 e. The Balaban J connectivity index is 2.09. The molecular formula is C8H17N3O. The molecule has 1 heterocycles. The Morgan fingerprint density at radius 1 is 1.33 bits per heavy atom. The highest BCUT2D eigenvalue weighted by atomic mass is 16.1. The molecule has 1 aliphatic rings. The summed E-state index contributed by atoms with van der Waals surface area (Å²) in [6.45, 7) is 2.96. The van der Waals surface area contributed by atoms with E-state index in [9.17, 15) is 4.79 Å². The van der Waals surface area contributed by atoms with Crippen LogP contribution >= 0.6 is 0 Å². The molecule has 0 aliphatic carbocycles. The van der Waals surface area contributed by atoms with Gasteiger partial charge in [0, 0.05) is 0 Å². The molecule has 3 N–H and O–H groups in total. The predicted octanol–water partition coefficient (Wildman–Crippen LogP) is -0.495. The van der Waals surface area contributed by atoms with Gasteiger partial charge in [0.2, 0.25) is 5.91 Å². The zero-order valence-electron chi connectivity index (χ0n) is 7.38. The summed E-state index contributed by atoms with van der Waals surface area (Å²) in [7, 11) is 0. The van der Waals surface area contributed by atoms with Crippen LogP contribution in [0.4, 0.5) is 0 Å². The van der Waals surface area contributed by atoms with Crippen LogP contribution < -0.4 is 11.1 Å². The summed E-state index contributed by atoms with van der Waals surface area (Å²) in [4.78, 5) is 13.0. The molecular weight excluding hydrogens is 154 g/mol. The number of piperidine rings is 1. The lowest BCUT2D eigenvalue weighted by Gasteiger charge is -2.26. The van der Waals surface area contributed by atoms with E-state index in [1.54, 1.807) is 0 Å². The third-order valence-corrected chi connectivity index (χ3v) is 2.13. The summed E-state index contributed by atoms with van der Waals surface area (Å²) in [6.07, 6.45) is 3.82. The number of carbonyl (C=O) groups excluding carboxylic acids is 1. The van der Waals surface area contributed by atoms with E-state index in [1.807, 2.05) is 0 Å². The highest BCUT2D eigenvalue weighted by molar-refractivity contribution is 5.77. The van der Waals surface area contributed by atoms with Gasteiger partial charge in [0.15, 0.2) is 0 Å². The minimum Gasteiger partial charge on any atom is -0.342 e. The molecule has 0 aromatic rings. The standard InChI is InChI=1S/C8H17N3O/c9-6-8(12)10-7-11-4-2-1-3-5-11/h1-7,9H2,(H,10,12). The first-order chi connectivity index (χ1) is 5.83. The van der Waals surface area contributed by atoms with Crippen molar-refractivity contribution in [3.8, 4) is 0 Å². The Labute approximate surface area is 73.1 Å². The fourth-order valence-corrected chi connectivity index (χ4v) is 1.39. The second-order valence-corrected chi connectivity index (χ2v) is 3.14. The van der Waals surface area contributed by atoms with Crippen LogP contribution in [0.15, 0.2) is 0 Å². The summed E-state index contributed by atoms with van der Waals surface area (Å²) < 4.78 is 0. The van der Waals surface area contributed by atoms with Crippen LogP contribution in [0.2, 0.25) is 0 Å². The van der Waals surface area contributed by atoms with E-state index in [0.717, 1.165) is 13.1 Å². The van der Waals surface area contributed by atoms with Crippen LogP contribution in [-0.4, -0.2) is 37.1 Å². The predicted molar refractivity (Wildman–Crippen MR) is 47.5 cm³/mol. The molecule has 1 fully saturated rings. The van der Waals surface area contributed by atoms with Gasteiger partial charge in [0.05, 0.1) is 13.2 Å². The molecule has 0 aromatic carbocycles. The lowest BCUT2D eigenvalue weighted by atomic mass is 10.1. The van der Waals surface area contributed by atoms with Crippen molar-refractivity contribution in [2.75, 3.05) is 26.3 Å². The van der Waals surface area contributed by atoms with E-state index < -0.39 is 0 Å². The van der Waals surface area contributed by atoms with E-state index in [4.69, 9.17) is 5.73 Å². The Kier molecular flexibility index (Phi) is 4.04. The van der Waals surface area contributed by atoms with Gasteiger partial charge >= 0.3 is 0 Å². The van der Waals surface area contributed by atoms with Crippen molar-refractivity contribution in [2.24, 2.45) is 5.73 Å². The van der Waals surface area contributed by atoms with Gasteiger partial charge in [-0.25, -0.2) is 0 Å². The van der Waals surface area contributed by atoms with E-state index in [1.165, 1.54) is 19.3 Å². The van der Waals surface area contributed by atoms with Gasteiger partial charge in [0.1, 0.15) is 0 Å². The highest BCUT2D eigenvalue weighted by Gasteiger charge is 2.09. The lowest BCUT2D eigenvalue weighted by Crippen LogP contribution is -2.42. The Morgan fingerprint density at radius 3 is 2.58 bits per heavy atom. The second-order valence-electron chi connectivity index (χ2n) is 3.14. The number of hydrogen-bond acceptors (Lipinski definition) is 3. The van der Waals surface area contributed by atoms with Crippen LogP contribution in [0.5, 0.6) is 0 Å². The van der Waals surface area contributed by atoms with Crippen molar-refractivity contribution < 1.29 is 4.79 Å². The molecule has 1 aliphatic heterocycles. The van der Waals surface area contributed by atoms with Crippen molar-refractivity contribution in [1.29, 1.82) is 0 Å². The Morgan fingerprint density at radius 2 is 2.00 bits per heavy atom. The second kappa shape index (κ2) is 5.11. The first-order valence-electron chi connectivity index (χ1n) is 4.52. The van der Waals surface area contributed by atoms with Gasteiger partial charge in [-0.15, -0.1) is 0 Å². The first kappa shape index (κ1) is 9.48. The fourth-order valence-electron chi connectivity index (χ4n) is 1.39. The van der Waals surface area contributed by atoms with Gasteiger partial charge in [-0.3, -0.25) is 9.69 Å². The summed E-state index contributed by atoms with van der Waals surface area (Å²) >= 11 is 0. The molecule has 0 spiro atoms. The summed E-state index contributed by atoms with van der Waals surface area (Å²) in [5.41, 5.74) is 5.16. The number of nitrogens with zero attached hydrogens (tertiary/aromatic N) is 1. The van der Waals surface area contributed by atoms with E-state index >= 15 is 0 Å². The number of nitrogens with two attached hydrogens (primary N) is 1. The average Bonchev–Trinajstić information content (AvgIpc) is 2.16. The third kappa shape index (κ3) is 3.19. The molecule has 0 saturated carbocycles. The normalized spacial score (nSPS) is 19.1. The summed E-state index contributed by atoms with van der Waals surface area (Å²) in [5.74, 6) is -0.0689. The van der Waals surface area contributed by atoms with Gasteiger partial charge in [0.25, 0.3) is 0 Å². The largest absolute Gasteiger partial charge is 0.342 e. The highest BCUT2D eigenvalue weighted by Crippen LogP contribution is 2.06. The van der Waals surface area contributed by atoms with Crippen molar-refractivity contribution in [1.82, 2.24) is 10.2 Å². The molecule has 0 atom stereocenters. The average molecular weight is 171 g/mol. The summed E-state index contributed by atoms with van der Waals surface area (Å²) in [5, 5.41) is 2.76. The van der Waals surface area contributed by atoms with Gasteiger partial charge in [-0.2, -0.15) is 0 Å². The summed E-state index contributed by atoms with van der Waals surface area (Å²) in [6, 6.07) is 0. The smallest absolute Gasteiger partial charge is 0.234 e. The SMILES string of the molecule is NCC(=O)NCN1CCCCC1. The zero-order chi connectivity index (χ0) is 8.81. The number of likely N-dealkylation sites (tertiary alicyclic amines) is 1. The minimum atomic E-state index is -0.0689. The molecule has 0 aromatic heterocycles. The molecule has 70 valence electrons. The Hall–Kier alpha value is -0.610. The quantitative estimate of drug-likeness (QED) is 0.602. The number of rotatable bonds is 3. The topological polar surface area (TPSA) is 58.4 Å². The van der Waals surface area contributed by atoms with Crippen LogP contribution in [0.1, 0.15) is 19.3 Å². The van der Waals surface area contributed by atoms with Crippen molar-refractivity contribution in [2.45, 2.75) is 19.3 Å². The van der Waals surface area contributed by atoms with Crippen LogP contribution in [0.3, 0.4) is 0 Å². The maximum absolute atomic E-state index is 10.8. The maximum atomic E-state index is 10.8. The molecule has 0 unspecified atom stereocenters. The van der Waals surface area contributed by atoms with Crippen molar-refractivity contribution in [3.05, 3.63) is 0 Å². The molecule has 4 nitrogen and oxygen atoms in total. The van der Waals surface area contributed by atoms with Gasteiger partial charge in [-0.05, 0) is 25.9 Å². The molecule has 0 bridgehead atoms. The van der Waals surface area contributed by atoms with Crippen LogP contribution in [0, 0.1) is 0 Å². The molecule has 12 heavy (non-hydrogen) atoms. The van der Waals surface area contributed by atoms with Crippen LogP contribution in [0.25, 0.3) is 0 Å². The molecule has 4 heteroatoms. The third-order valence-electron chi connectivity index (χ3n) is 2.13. The Bertz CT molecular complexity index is 143. The van der Waals surface area contributed by atoms with Crippen molar-refractivity contribution in [3.63, 3.8) is 0 Å². The molecule has 0 radical (unpaired) electrons. The number of carbonyl (C=O) groups is 1. The van der Waals surface area contributed by atoms with Gasteiger partial charge in [-0.1, -0.05) is 6.42 Å². The van der Waals surface area contributed by atoms with Crippen molar-refractivity contribution >= 4 is 5.91 Å². The van der Waals surface area contributed by atoms with Crippen LogP contribution in [-0.2, 0) is 4.79 Å². The number of amides is 1. The molecule has 1 saturated heterocycles. The van der Waals surface area contributed by atoms with E-state index in [0.29, 0.717) is 6.67 Å². The van der Waals surface area contributed by atoms with E-state index in [-0.39, 0.29) is 12.5 Å². The molecule has 1 rings (SSSR count). The molecule has 1 amide bonds. The number of hydrogen-bond donors (Lipinski definition) is 2. The number of nitrogens with one attached hydrogen (secondary N) is 1. The lowest BCUT2D eigenvalue weighted by molar-refractivity contribution is -0.120. The van der Waals surface area contributed by atoms with E-state index in [2.05, 4.69) is 10.2 Å². The monoisotopic (exact) mass is 171 g/mol. The first-order valence-corrected chi connectivity index (χ1v) is 4.52. The zero-order valence-corrected chi connectivity index (χ0v) is 7.38. The minimum absolute atomic E-state index is 0.0689. The van der Waals surface area contributed by atoms with Gasteiger partial charge < -0.3 is 11.1 Å². The fraction of sp³-hybridized carbons (Fsp3) is 0.875.